The van der Waals surface area contributed by atoms with Crippen molar-refractivity contribution in [1.82, 2.24) is 0 Å². The maximum atomic E-state index is 9.10. The second kappa shape index (κ2) is 9.73. The molecule has 0 saturated carbocycles. The van der Waals surface area contributed by atoms with Crippen LogP contribution in [0.3, 0.4) is 0 Å². The molecule has 152 valence electrons. The van der Waals surface area contributed by atoms with Crippen molar-refractivity contribution in [3.63, 3.8) is 0 Å². The lowest BCUT2D eigenvalue weighted by molar-refractivity contribution is -0.347. The summed E-state index contributed by atoms with van der Waals surface area (Å²) in [5.41, 5.74) is 9.45. The summed E-state index contributed by atoms with van der Waals surface area (Å²) in [4.78, 5) is 0. The summed E-state index contributed by atoms with van der Waals surface area (Å²) in [6.45, 7) is 8.70. The zero-order chi connectivity index (χ0) is 20.8. The van der Waals surface area contributed by atoms with E-state index in [1.165, 1.54) is 35.1 Å². The lowest BCUT2D eigenvalue weighted by Crippen LogP contribution is -2.11. The minimum absolute atomic E-state index is 1.02. The van der Waals surface area contributed by atoms with Crippen LogP contribution in [0.25, 0.3) is 11.5 Å². The Morgan fingerprint density at radius 2 is 1.34 bits per heavy atom. The van der Waals surface area contributed by atoms with Crippen molar-refractivity contribution >= 4 is 11.4 Å². The second-order valence-electron chi connectivity index (χ2n) is 8.11. The van der Waals surface area contributed by atoms with Crippen molar-refractivity contribution in [3.8, 4) is 0 Å². The molecule has 0 atom stereocenters. The number of hydrogen-bond acceptors (Lipinski definition) is 0. The van der Waals surface area contributed by atoms with Crippen LogP contribution in [-0.2, 0) is 0 Å². The molecule has 2 heteroatoms. The van der Waals surface area contributed by atoms with Gasteiger partial charge in [-0.2, -0.15) is 0 Å². The predicted octanol–water partition coefficient (Wildman–Crippen LogP) is 7.80. The summed E-state index contributed by atoms with van der Waals surface area (Å²) in [5, 5.41) is 0. The van der Waals surface area contributed by atoms with Crippen molar-refractivity contribution in [1.29, 1.82) is 0 Å². The van der Waals surface area contributed by atoms with E-state index in [4.69, 9.17) is 5.84 Å². The maximum absolute atomic E-state index is 9.10. The van der Waals surface area contributed by atoms with Crippen LogP contribution >= 0.6 is 0 Å². The lowest BCUT2D eigenvalue weighted by Gasteiger charge is -2.08. The Balaban J connectivity index is 2.18. The molecule has 0 unspecified atom stereocenters. The van der Waals surface area contributed by atoms with Gasteiger partial charge < -0.3 is 5.84 Å². The van der Waals surface area contributed by atoms with Gasteiger partial charge in [0, 0.05) is 16.7 Å². The molecule has 0 radical (unpaired) electrons. The summed E-state index contributed by atoms with van der Waals surface area (Å²) in [6.07, 6.45) is 9.13. The number of hydrogen-bond donors (Lipinski definition) is 0. The standard InChI is InChI=1S/C27H34N2/c1-5-7-9-11-25-24(10-8-6-2)26(22-16-12-20(3)13-17-22)29(28)27(25)23-18-14-21(4)15-19-23/h11-19,28H,5-10H2,1-4H3. The summed E-state index contributed by atoms with van der Waals surface area (Å²) in [5.74, 6) is 9.10. The Morgan fingerprint density at radius 3 is 1.90 bits per heavy atom. The highest BCUT2D eigenvalue weighted by Crippen LogP contribution is 2.37. The van der Waals surface area contributed by atoms with Crippen LogP contribution in [0.2, 0.25) is 0 Å². The molecule has 0 bridgehead atoms. The monoisotopic (exact) mass is 386 g/mol. The zero-order valence-electron chi connectivity index (χ0n) is 18.4. The van der Waals surface area contributed by atoms with E-state index in [0.717, 1.165) is 48.2 Å². The van der Waals surface area contributed by atoms with Gasteiger partial charge in [0.15, 0.2) is 0 Å². The highest BCUT2D eigenvalue weighted by atomic mass is 15.3. The summed E-state index contributed by atoms with van der Waals surface area (Å²) >= 11 is 0. The summed E-state index contributed by atoms with van der Waals surface area (Å²) < 4.78 is 1.69. The van der Waals surface area contributed by atoms with Crippen LogP contribution < -0.4 is 0 Å². The molecule has 29 heavy (non-hydrogen) atoms. The third-order valence-corrected chi connectivity index (χ3v) is 5.65. The molecule has 2 aromatic rings. The van der Waals surface area contributed by atoms with Crippen molar-refractivity contribution in [2.75, 3.05) is 0 Å². The first kappa shape index (κ1) is 21.1. The van der Waals surface area contributed by atoms with E-state index in [0.29, 0.717) is 0 Å². The predicted molar refractivity (Wildman–Crippen MR) is 125 cm³/mol. The zero-order valence-corrected chi connectivity index (χ0v) is 18.4. The van der Waals surface area contributed by atoms with Gasteiger partial charge in [0.25, 0.3) is 0 Å². The smallest absolute Gasteiger partial charge is 0.215 e. The molecule has 1 aliphatic heterocycles. The minimum Gasteiger partial charge on any atom is -0.448 e. The fourth-order valence-electron chi connectivity index (χ4n) is 3.93. The van der Waals surface area contributed by atoms with Gasteiger partial charge in [0.1, 0.15) is 0 Å². The molecule has 2 aromatic carbocycles. The number of allylic oxidation sites excluding steroid dienone is 3. The number of aryl methyl sites for hydroxylation is 2. The Kier molecular flexibility index (Phi) is 7.09. The van der Waals surface area contributed by atoms with Gasteiger partial charge in [-0.05, 0) is 57.4 Å². The van der Waals surface area contributed by atoms with Crippen LogP contribution in [0, 0.1) is 13.8 Å². The first-order valence-electron chi connectivity index (χ1n) is 11.0. The van der Waals surface area contributed by atoms with Crippen LogP contribution in [-0.4, -0.2) is 10.4 Å². The first-order chi connectivity index (χ1) is 14.1. The molecule has 0 amide bonds. The van der Waals surface area contributed by atoms with Gasteiger partial charge in [0.2, 0.25) is 11.4 Å². The van der Waals surface area contributed by atoms with Gasteiger partial charge >= 0.3 is 0 Å². The van der Waals surface area contributed by atoms with Crippen molar-refractivity contribution < 1.29 is 4.68 Å². The third kappa shape index (κ3) is 4.70. The molecule has 0 aromatic heterocycles. The first-order valence-corrected chi connectivity index (χ1v) is 11.0. The topological polar surface area (TPSA) is 26.8 Å². The quantitative estimate of drug-likeness (QED) is 0.327. The van der Waals surface area contributed by atoms with Crippen LogP contribution in [0.5, 0.6) is 0 Å². The van der Waals surface area contributed by atoms with Gasteiger partial charge in [-0.25, -0.2) is 4.68 Å². The molecule has 1 N–H and O–H groups in total. The average molecular weight is 387 g/mol. The average Bonchev–Trinajstić information content (AvgIpc) is 2.99. The molecular formula is C27H34N2. The van der Waals surface area contributed by atoms with E-state index in [-0.39, 0.29) is 0 Å². The summed E-state index contributed by atoms with van der Waals surface area (Å²) in [6, 6.07) is 17.3. The molecule has 1 heterocycles. The highest BCUT2D eigenvalue weighted by molar-refractivity contribution is 6.16. The van der Waals surface area contributed by atoms with E-state index in [1.807, 2.05) is 0 Å². The fraction of sp³-hybridized carbons (Fsp3) is 0.370. The number of nitrogens with zero attached hydrogens (tertiary/aromatic N) is 1. The molecular weight excluding hydrogens is 352 g/mol. The van der Waals surface area contributed by atoms with Crippen molar-refractivity contribution in [2.24, 2.45) is 0 Å². The minimum atomic E-state index is 1.02. The molecule has 3 rings (SSSR count). The molecule has 0 spiro atoms. The largest absolute Gasteiger partial charge is 0.448 e. The van der Waals surface area contributed by atoms with Crippen LogP contribution in [0.15, 0.2) is 65.8 Å². The summed E-state index contributed by atoms with van der Waals surface area (Å²) in [7, 11) is 0. The molecule has 0 aliphatic carbocycles. The van der Waals surface area contributed by atoms with E-state index < -0.39 is 0 Å². The van der Waals surface area contributed by atoms with Gasteiger partial charge in [-0.1, -0.05) is 74.6 Å². The van der Waals surface area contributed by atoms with Crippen LogP contribution in [0.1, 0.15) is 74.6 Å². The van der Waals surface area contributed by atoms with Gasteiger partial charge in [0.05, 0.1) is 5.57 Å². The van der Waals surface area contributed by atoms with Crippen LogP contribution in [0.4, 0.5) is 0 Å². The Labute approximate surface area is 176 Å². The van der Waals surface area contributed by atoms with Crippen molar-refractivity contribution in [2.45, 2.75) is 66.2 Å². The molecule has 1 aliphatic rings. The van der Waals surface area contributed by atoms with Crippen molar-refractivity contribution in [3.05, 3.63) is 93.8 Å². The SMILES string of the molecule is CCCCC=C1C(CCCC)=C(c2ccc(C)cc2)[N+]([NH-])=C1c1ccc(C)cc1. The third-order valence-electron chi connectivity index (χ3n) is 5.65. The van der Waals surface area contributed by atoms with E-state index in [9.17, 15) is 0 Å². The molecule has 0 saturated heterocycles. The van der Waals surface area contributed by atoms with Gasteiger partial charge in [-0.3, -0.25) is 0 Å². The maximum Gasteiger partial charge on any atom is 0.215 e. The van der Waals surface area contributed by atoms with E-state index in [1.54, 1.807) is 4.68 Å². The number of rotatable bonds is 8. The fourth-order valence-corrected chi connectivity index (χ4v) is 3.93. The number of unbranched alkanes of at least 4 members (excludes halogenated alkanes) is 3. The normalized spacial score (nSPS) is 15.7. The number of benzene rings is 2. The Bertz CT molecular complexity index is 926. The van der Waals surface area contributed by atoms with E-state index in [2.05, 4.69) is 82.3 Å². The molecule has 2 nitrogen and oxygen atoms in total. The Hall–Kier alpha value is -2.61. The number of nitrogens with one attached hydrogen (secondary N) is 1. The highest BCUT2D eigenvalue weighted by Gasteiger charge is 2.34. The molecule has 0 fully saturated rings. The lowest BCUT2D eigenvalue weighted by atomic mass is 9.91. The van der Waals surface area contributed by atoms with E-state index >= 15 is 0 Å². The Morgan fingerprint density at radius 1 is 0.793 bits per heavy atom. The second-order valence-corrected chi connectivity index (χ2v) is 8.11. The van der Waals surface area contributed by atoms with Gasteiger partial charge in [-0.15, -0.1) is 0 Å².